The summed E-state index contributed by atoms with van der Waals surface area (Å²) in [5.41, 5.74) is 1.78. The normalized spacial score (nSPS) is 19.6. The summed E-state index contributed by atoms with van der Waals surface area (Å²) in [6.45, 7) is 0. The third kappa shape index (κ3) is 2.86. The minimum absolute atomic E-state index is 0.346. The van der Waals surface area contributed by atoms with E-state index in [1.54, 1.807) is 0 Å². The van der Waals surface area contributed by atoms with Crippen LogP contribution < -0.4 is 5.32 Å². The molecule has 0 spiro atoms. The average molecular weight is 282 g/mol. The van der Waals surface area contributed by atoms with Crippen molar-refractivity contribution in [2.24, 2.45) is 0 Å². The fraction of sp³-hybridized carbons (Fsp3) is 0.571. The maximum atomic E-state index is 3.57. The molecule has 1 N–H and O–H groups in total. The Balaban J connectivity index is 2.11. The zero-order valence-electron chi connectivity index (χ0n) is 9.93. The number of hydrogen-bond acceptors (Lipinski definition) is 1. The summed E-state index contributed by atoms with van der Waals surface area (Å²) in [5, 5.41) is 3.57. The van der Waals surface area contributed by atoms with Gasteiger partial charge in [0, 0.05) is 10.0 Å². The minimum Gasteiger partial charge on any atom is -0.314 e. The lowest BCUT2D eigenvalue weighted by molar-refractivity contribution is 0.245. The maximum Gasteiger partial charge on any atom is 0.0218 e. The number of likely N-dealkylation sites (N-methyl/N-ethyl adjacent to an activating group) is 1. The van der Waals surface area contributed by atoms with E-state index in [2.05, 4.69) is 52.6 Å². The SMILES string of the molecule is CNC1(Cc2cccc(Br)c2)CCCCC1. The monoisotopic (exact) mass is 281 g/mol. The van der Waals surface area contributed by atoms with Crippen LogP contribution in [0, 0.1) is 0 Å². The Bertz CT molecular complexity index is 342. The van der Waals surface area contributed by atoms with Gasteiger partial charge in [0.1, 0.15) is 0 Å². The Labute approximate surface area is 107 Å². The van der Waals surface area contributed by atoms with E-state index in [1.165, 1.54) is 42.1 Å². The molecular weight excluding hydrogens is 262 g/mol. The zero-order valence-corrected chi connectivity index (χ0v) is 11.5. The van der Waals surface area contributed by atoms with Crippen LogP contribution in [-0.2, 0) is 6.42 Å². The van der Waals surface area contributed by atoms with Gasteiger partial charge < -0.3 is 5.32 Å². The lowest BCUT2D eigenvalue weighted by Crippen LogP contribution is -2.46. The Morgan fingerprint density at radius 3 is 2.62 bits per heavy atom. The molecule has 0 heterocycles. The first kappa shape index (κ1) is 12.1. The van der Waals surface area contributed by atoms with Crippen molar-refractivity contribution in [2.45, 2.75) is 44.1 Å². The number of rotatable bonds is 3. The van der Waals surface area contributed by atoms with Crippen molar-refractivity contribution in [1.82, 2.24) is 5.32 Å². The van der Waals surface area contributed by atoms with Crippen LogP contribution in [0.5, 0.6) is 0 Å². The van der Waals surface area contributed by atoms with Crippen molar-refractivity contribution < 1.29 is 0 Å². The molecule has 0 bridgehead atoms. The van der Waals surface area contributed by atoms with Crippen molar-refractivity contribution in [1.29, 1.82) is 0 Å². The highest BCUT2D eigenvalue weighted by Crippen LogP contribution is 2.31. The number of nitrogens with one attached hydrogen (secondary N) is 1. The highest BCUT2D eigenvalue weighted by atomic mass is 79.9. The van der Waals surface area contributed by atoms with Crippen LogP contribution in [0.1, 0.15) is 37.7 Å². The first-order chi connectivity index (χ1) is 7.74. The van der Waals surface area contributed by atoms with E-state index in [0.29, 0.717) is 5.54 Å². The molecule has 1 saturated carbocycles. The number of halogens is 1. The maximum absolute atomic E-state index is 3.57. The summed E-state index contributed by atoms with van der Waals surface area (Å²) in [4.78, 5) is 0. The van der Waals surface area contributed by atoms with Gasteiger partial charge in [0.2, 0.25) is 0 Å². The molecule has 1 aliphatic rings. The molecule has 0 atom stereocenters. The molecule has 0 radical (unpaired) electrons. The van der Waals surface area contributed by atoms with E-state index in [1.807, 2.05) is 0 Å². The van der Waals surface area contributed by atoms with Crippen molar-refractivity contribution in [3.63, 3.8) is 0 Å². The van der Waals surface area contributed by atoms with Crippen molar-refractivity contribution in [3.05, 3.63) is 34.3 Å². The van der Waals surface area contributed by atoms with Crippen molar-refractivity contribution in [2.75, 3.05) is 7.05 Å². The quantitative estimate of drug-likeness (QED) is 0.886. The van der Waals surface area contributed by atoms with Gasteiger partial charge >= 0.3 is 0 Å². The smallest absolute Gasteiger partial charge is 0.0218 e. The Kier molecular flexibility index (Phi) is 4.04. The lowest BCUT2D eigenvalue weighted by Gasteiger charge is -2.37. The fourth-order valence-electron chi connectivity index (χ4n) is 2.78. The molecule has 0 aliphatic heterocycles. The summed E-state index contributed by atoms with van der Waals surface area (Å²) < 4.78 is 1.19. The van der Waals surface area contributed by atoms with E-state index in [4.69, 9.17) is 0 Å². The number of hydrogen-bond donors (Lipinski definition) is 1. The minimum atomic E-state index is 0.346. The highest BCUT2D eigenvalue weighted by Gasteiger charge is 2.30. The van der Waals surface area contributed by atoms with E-state index in [-0.39, 0.29) is 0 Å². The molecule has 1 aromatic carbocycles. The molecule has 2 heteroatoms. The Morgan fingerprint density at radius 1 is 1.25 bits per heavy atom. The van der Waals surface area contributed by atoms with Gasteiger partial charge in [-0.2, -0.15) is 0 Å². The molecule has 1 aliphatic carbocycles. The second-order valence-corrected chi connectivity index (χ2v) is 5.81. The van der Waals surface area contributed by atoms with Gasteiger partial charge in [0.15, 0.2) is 0 Å². The molecule has 1 aromatic rings. The summed E-state index contributed by atoms with van der Waals surface area (Å²) in [6, 6.07) is 8.70. The first-order valence-electron chi connectivity index (χ1n) is 6.17. The lowest BCUT2D eigenvalue weighted by atomic mass is 9.77. The van der Waals surface area contributed by atoms with Crippen LogP contribution in [0.2, 0.25) is 0 Å². The van der Waals surface area contributed by atoms with E-state index >= 15 is 0 Å². The molecule has 0 amide bonds. The van der Waals surface area contributed by atoms with Crippen LogP contribution in [0.25, 0.3) is 0 Å². The molecule has 0 aromatic heterocycles. The fourth-order valence-corrected chi connectivity index (χ4v) is 3.23. The highest BCUT2D eigenvalue weighted by molar-refractivity contribution is 9.10. The van der Waals surface area contributed by atoms with Crippen LogP contribution in [0.15, 0.2) is 28.7 Å². The Hall–Kier alpha value is -0.340. The first-order valence-corrected chi connectivity index (χ1v) is 6.97. The van der Waals surface area contributed by atoms with Gasteiger partial charge in [-0.05, 0) is 44.0 Å². The Morgan fingerprint density at radius 2 is 2.00 bits per heavy atom. The number of benzene rings is 1. The standard InChI is InChI=1S/C14H20BrN/c1-16-14(8-3-2-4-9-14)11-12-6-5-7-13(15)10-12/h5-7,10,16H,2-4,8-9,11H2,1H3. The predicted octanol–water partition coefficient (Wildman–Crippen LogP) is 3.91. The second-order valence-electron chi connectivity index (χ2n) is 4.90. The molecule has 1 nitrogen and oxygen atoms in total. The van der Waals surface area contributed by atoms with Gasteiger partial charge in [-0.1, -0.05) is 47.3 Å². The zero-order chi connectivity index (χ0) is 11.4. The predicted molar refractivity (Wildman–Crippen MR) is 72.7 cm³/mol. The van der Waals surface area contributed by atoms with Gasteiger partial charge in [-0.3, -0.25) is 0 Å². The molecule has 88 valence electrons. The summed E-state index contributed by atoms with van der Waals surface area (Å²) in [6.07, 6.45) is 7.93. The molecule has 0 saturated heterocycles. The average Bonchev–Trinajstić information content (AvgIpc) is 2.30. The second kappa shape index (κ2) is 5.33. The van der Waals surface area contributed by atoms with Gasteiger partial charge in [-0.15, -0.1) is 0 Å². The largest absolute Gasteiger partial charge is 0.314 e. The molecule has 2 rings (SSSR count). The third-order valence-electron chi connectivity index (χ3n) is 3.77. The van der Waals surface area contributed by atoms with Gasteiger partial charge in [0.05, 0.1) is 0 Å². The molecular formula is C14H20BrN. The summed E-state index contributed by atoms with van der Waals surface area (Å²) in [7, 11) is 2.11. The van der Waals surface area contributed by atoms with Crippen LogP contribution in [0.3, 0.4) is 0 Å². The third-order valence-corrected chi connectivity index (χ3v) is 4.27. The van der Waals surface area contributed by atoms with Crippen molar-refractivity contribution in [3.8, 4) is 0 Å². The van der Waals surface area contributed by atoms with E-state index < -0.39 is 0 Å². The van der Waals surface area contributed by atoms with Gasteiger partial charge in [0.25, 0.3) is 0 Å². The topological polar surface area (TPSA) is 12.0 Å². The van der Waals surface area contributed by atoms with Crippen molar-refractivity contribution >= 4 is 15.9 Å². The summed E-state index contributed by atoms with van der Waals surface area (Å²) >= 11 is 3.55. The molecule has 16 heavy (non-hydrogen) atoms. The van der Waals surface area contributed by atoms with Gasteiger partial charge in [-0.25, -0.2) is 0 Å². The molecule has 0 unspecified atom stereocenters. The van der Waals surface area contributed by atoms with Crippen LogP contribution in [0.4, 0.5) is 0 Å². The van der Waals surface area contributed by atoms with Crippen LogP contribution in [-0.4, -0.2) is 12.6 Å². The van der Waals surface area contributed by atoms with E-state index in [9.17, 15) is 0 Å². The molecule has 1 fully saturated rings. The summed E-state index contributed by atoms with van der Waals surface area (Å²) in [5.74, 6) is 0. The van der Waals surface area contributed by atoms with Crippen LogP contribution >= 0.6 is 15.9 Å². The van der Waals surface area contributed by atoms with E-state index in [0.717, 1.165) is 6.42 Å².